The van der Waals surface area contributed by atoms with Gasteiger partial charge in [0.1, 0.15) is 0 Å². The van der Waals surface area contributed by atoms with Gasteiger partial charge in [0, 0.05) is 0 Å². The topological polar surface area (TPSA) is 88.2 Å². The van der Waals surface area contributed by atoms with Crippen molar-refractivity contribution in [2.75, 3.05) is 0 Å². The van der Waals surface area contributed by atoms with Crippen molar-refractivity contribution < 1.29 is 15.7 Å². The van der Waals surface area contributed by atoms with E-state index in [-0.39, 0.29) is 11.6 Å². The Morgan fingerprint density at radius 1 is 0.533 bits per heavy atom. The molecule has 0 aliphatic carbocycles. The van der Waals surface area contributed by atoms with E-state index in [4.69, 9.17) is 16.3 Å². The monoisotopic (exact) mass is 704 g/mol. The van der Waals surface area contributed by atoms with Gasteiger partial charge in [0.2, 0.25) is 0 Å². The molecular weight excluding hydrogens is 671 g/mol. The van der Waals surface area contributed by atoms with Crippen LogP contribution in [-0.4, -0.2) is 50.3 Å². The third-order valence-electron chi connectivity index (χ3n) is 7.53. The fourth-order valence-corrected chi connectivity index (χ4v) is 14.2. The molecule has 0 N–H and O–H groups in total. The number of carbonyl (C=O) groups excluding carboxylic acids is 2. The summed E-state index contributed by atoms with van der Waals surface area (Å²) in [5.41, 5.74) is 3.29. The molecule has 0 amide bonds. The number of hydrogen-bond acceptors (Lipinski definition) is 6. The molecule has 0 atom stereocenters. The van der Waals surface area contributed by atoms with Crippen LogP contribution in [-0.2, 0) is 0 Å². The third kappa shape index (κ3) is 5.69. The molecule has 0 bridgehead atoms. The maximum absolute atomic E-state index is 13.2. The number of aryl methyl sites for hydroxylation is 2. The SMILES string of the molecule is CC(=O)c1c(C)nn(-c2ccccc2)c1[O][Sn]([O]c1c(C(C)=O)c(C)nn1-c1ccccc1)([c]1ccccc1)[c]1ccccc1. The number of carbonyl (C=O) groups is 2. The van der Waals surface area contributed by atoms with Gasteiger partial charge in [-0.2, -0.15) is 0 Å². The fourth-order valence-electron chi connectivity index (χ4n) is 5.51. The molecule has 0 unspecified atom stereocenters. The average Bonchev–Trinajstić information content (AvgIpc) is 3.57. The van der Waals surface area contributed by atoms with Crippen molar-refractivity contribution in [3.63, 3.8) is 0 Å². The first-order valence-electron chi connectivity index (χ1n) is 14.6. The summed E-state index contributed by atoms with van der Waals surface area (Å²) in [6, 6.07) is 38.7. The summed E-state index contributed by atoms with van der Waals surface area (Å²) in [5, 5.41) is 9.55. The minimum absolute atomic E-state index is 0.180. The summed E-state index contributed by atoms with van der Waals surface area (Å²) in [6.45, 7) is 6.62. The first-order chi connectivity index (χ1) is 21.8. The first-order valence-corrected chi connectivity index (χ1v) is 19.8. The zero-order chi connectivity index (χ0) is 31.6. The van der Waals surface area contributed by atoms with Crippen LogP contribution in [0.25, 0.3) is 11.4 Å². The molecule has 0 aliphatic rings. The normalized spacial score (nSPS) is 11.3. The van der Waals surface area contributed by atoms with Gasteiger partial charge in [0.05, 0.1) is 0 Å². The van der Waals surface area contributed by atoms with E-state index in [2.05, 4.69) is 0 Å². The van der Waals surface area contributed by atoms with Crippen LogP contribution >= 0.6 is 0 Å². The minimum atomic E-state index is -5.04. The number of benzene rings is 4. The van der Waals surface area contributed by atoms with E-state index in [9.17, 15) is 9.59 Å². The Morgan fingerprint density at radius 2 is 0.844 bits per heavy atom. The van der Waals surface area contributed by atoms with Gasteiger partial charge < -0.3 is 0 Å². The molecule has 224 valence electrons. The van der Waals surface area contributed by atoms with Crippen molar-refractivity contribution >= 4 is 37.9 Å². The average molecular weight is 703 g/mol. The van der Waals surface area contributed by atoms with Crippen molar-refractivity contribution in [1.82, 2.24) is 19.6 Å². The summed E-state index contributed by atoms with van der Waals surface area (Å²) in [4.78, 5) is 26.5. The second-order valence-electron chi connectivity index (χ2n) is 10.7. The van der Waals surface area contributed by atoms with E-state index in [0.29, 0.717) is 34.3 Å². The van der Waals surface area contributed by atoms with E-state index in [1.807, 2.05) is 121 Å². The number of ketones is 2. The van der Waals surface area contributed by atoms with Crippen LogP contribution in [0.5, 0.6) is 11.8 Å². The number of aromatic nitrogens is 4. The van der Waals surface area contributed by atoms with Gasteiger partial charge >= 0.3 is 268 Å². The van der Waals surface area contributed by atoms with Crippen molar-refractivity contribution in [3.8, 4) is 23.1 Å². The van der Waals surface area contributed by atoms with Crippen molar-refractivity contribution in [2.45, 2.75) is 27.7 Å². The van der Waals surface area contributed by atoms with Gasteiger partial charge in [-0.05, 0) is 0 Å². The molecule has 0 aliphatic heterocycles. The standard InChI is InChI=1S/2C12H12N2O2.2C6H5.Sn/c2*1-8-11(9(2)15)12(16)14(13-8)10-6-4-3-5-7-10;2*1-2-4-6-5-3-1;/h2*3-7,16H,1-2H3;2*1-5H;/q;;;;+2/p-2. The molecule has 6 aromatic rings. The van der Waals surface area contributed by atoms with Gasteiger partial charge in [0.25, 0.3) is 0 Å². The van der Waals surface area contributed by atoms with E-state index in [1.54, 1.807) is 23.2 Å². The maximum atomic E-state index is 13.2. The molecule has 45 heavy (non-hydrogen) atoms. The van der Waals surface area contributed by atoms with Crippen molar-refractivity contribution in [3.05, 3.63) is 144 Å². The summed E-state index contributed by atoms with van der Waals surface area (Å²) in [7, 11) is 0. The van der Waals surface area contributed by atoms with Crippen LogP contribution in [0.2, 0.25) is 0 Å². The summed E-state index contributed by atoms with van der Waals surface area (Å²) in [6.07, 6.45) is 0. The molecule has 0 spiro atoms. The predicted molar refractivity (Wildman–Crippen MR) is 176 cm³/mol. The molecule has 2 heterocycles. The Labute approximate surface area is 266 Å². The zero-order valence-corrected chi connectivity index (χ0v) is 28.3. The first kappa shape index (κ1) is 30.1. The molecular formula is C36H32N4O4Sn. The van der Waals surface area contributed by atoms with Crippen LogP contribution in [0.3, 0.4) is 0 Å². The Bertz CT molecular complexity index is 1830. The zero-order valence-electron chi connectivity index (χ0n) is 25.5. The fraction of sp³-hybridized carbons (Fsp3) is 0.111. The Hall–Kier alpha value is -4.96. The Morgan fingerprint density at radius 3 is 1.16 bits per heavy atom. The Kier molecular flexibility index (Phi) is 8.40. The van der Waals surface area contributed by atoms with Crippen LogP contribution in [0, 0.1) is 13.8 Å². The van der Waals surface area contributed by atoms with Gasteiger partial charge in [-0.1, -0.05) is 0 Å². The van der Waals surface area contributed by atoms with E-state index < -0.39 is 19.2 Å². The second kappa shape index (κ2) is 12.6. The van der Waals surface area contributed by atoms with Crippen LogP contribution < -0.4 is 13.3 Å². The molecule has 0 saturated carbocycles. The number of rotatable bonds is 10. The van der Waals surface area contributed by atoms with Crippen molar-refractivity contribution in [2.24, 2.45) is 0 Å². The molecule has 0 saturated heterocycles. The molecule has 2 aromatic heterocycles. The van der Waals surface area contributed by atoms with E-state index in [0.717, 1.165) is 18.5 Å². The molecule has 6 rings (SSSR count). The molecule has 0 radical (unpaired) electrons. The van der Waals surface area contributed by atoms with E-state index in [1.165, 1.54) is 13.8 Å². The van der Waals surface area contributed by atoms with Gasteiger partial charge in [-0.15, -0.1) is 0 Å². The van der Waals surface area contributed by atoms with Gasteiger partial charge in [0.15, 0.2) is 0 Å². The number of hydrogen-bond donors (Lipinski definition) is 0. The quantitative estimate of drug-likeness (QED) is 0.133. The van der Waals surface area contributed by atoms with Crippen LogP contribution in [0.4, 0.5) is 0 Å². The van der Waals surface area contributed by atoms with Gasteiger partial charge in [-0.3, -0.25) is 0 Å². The summed E-state index contributed by atoms with van der Waals surface area (Å²) in [5.74, 6) is 0.226. The number of Topliss-reactive ketones (excluding diaryl/α,β-unsaturated/α-hetero) is 2. The Balaban J connectivity index is 1.68. The molecule has 0 fully saturated rings. The number of para-hydroxylation sites is 2. The van der Waals surface area contributed by atoms with Crippen LogP contribution in [0.1, 0.15) is 46.0 Å². The summed E-state index contributed by atoms with van der Waals surface area (Å²) >= 11 is -5.04. The predicted octanol–water partition coefficient (Wildman–Crippen LogP) is 5.79. The molecule has 9 heteroatoms. The molecule has 8 nitrogen and oxygen atoms in total. The second-order valence-corrected chi connectivity index (χ2v) is 18.7. The van der Waals surface area contributed by atoms with Crippen LogP contribution in [0.15, 0.2) is 121 Å². The number of nitrogens with zero attached hydrogens (tertiary/aromatic N) is 4. The van der Waals surface area contributed by atoms with E-state index >= 15 is 0 Å². The summed E-state index contributed by atoms with van der Waals surface area (Å²) < 4.78 is 19.6. The third-order valence-corrected chi connectivity index (χ3v) is 16.5. The van der Waals surface area contributed by atoms with Gasteiger partial charge in [-0.25, -0.2) is 0 Å². The molecule has 4 aromatic carbocycles. The van der Waals surface area contributed by atoms with Crippen molar-refractivity contribution in [1.29, 1.82) is 0 Å².